The molecule has 1 saturated heterocycles. The van der Waals surface area contributed by atoms with Crippen molar-refractivity contribution in [3.8, 4) is 6.07 Å². The van der Waals surface area contributed by atoms with Crippen LogP contribution in [0.1, 0.15) is 59.3 Å². The second kappa shape index (κ2) is 8.05. The highest BCUT2D eigenvalue weighted by molar-refractivity contribution is 5.79. The van der Waals surface area contributed by atoms with Crippen molar-refractivity contribution < 1.29 is 14.3 Å². The Morgan fingerprint density at radius 1 is 1.19 bits per heavy atom. The van der Waals surface area contributed by atoms with Crippen LogP contribution >= 0.6 is 0 Å². The maximum absolute atomic E-state index is 12.4. The van der Waals surface area contributed by atoms with E-state index < -0.39 is 0 Å². The number of carbonyl (C=O) groups is 2. The summed E-state index contributed by atoms with van der Waals surface area (Å²) in [6.07, 6.45) is 5.27. The van der Waals surface area contributed by atoms with Gasteiger partial charge in [0.15, 0.2) is 0 Å². The fraction of sp³-hybridized carbons (Fsp3) is 0.850. The predicted molar refractivity (Wildman–Crippen MR) is 101 cm³/mol. The van der Waals surface area contributed by atoms with Crippen LogP contribution in [-0.2, 0) is 9.53 Å². The SMILES string of the molecule is CC(C)(C)NC(=O)OC1C[C@H]2CC(NCC(=O)N3CCC[C@H]3C#N)C[C@H]2C1. The van der Waals surface area contributed by atoms with E-state index in [0.717, 1.165) is 38.5 Å². The highest BCUT2D eigenvalue weighted by atomic mass is 16.6. The molecule has 7 heteroatoms. The standard InChI is InChI=1S/C20H32N4O3/c1-20(2,3)23-19(26)27-17-9-13-7-15(8-14(13)10-17)22-12-18(25)24-6-4-5-16(24)11-21/h13-17,22H,4-10,12H2,1-3H3,(H,23,26)/t13-,14+,15?,16-,17?/m0/s1. The third-order valence-corrected chi connectivity index (χ3v) is 5.99. The topological polar surface area (TPSA) is 94.5 Å². The highest BCUT2D eigenvalue weighted by Gasteiger charge is 2.43. The molecule has 3 aliphatic rings. The molecule has 1 heterocycles. The average Bonchev–Trinajstić information content (AvgIpc) is 3.24. The summed E-state index contributed by atoms with van der Waals surface area (Å²) in [6.45, 7) is 6.84. The van der Waals surface area contributed by atoms with Crippen LogP contribution in [-0.4, -0.2) is 53.7 Å². The van der Waals surface area contributed by atoms with Gasteiger partial charge < -0.3 is 20.3 Å². The third kappa shape index (κ3) is 5.13. The number of likely N-dealkylation sites (tertiary alicyclic amines) is 1. The quantitative estimate of drug-likeness (QED) is 0.784. The Balaban J connectivity index is 1.38. The molecular formula is C20H32N4O3. The number of nitriles is 1. The summed E-state index contributed by atoms with van der Waals surface area (Å²) in [5.41, 5.74) is -0.285. The molecular weight excluding hydrogens is 344 g/mol. The molecule has 7 nitrogen and oxygen atoms in total. The first kappa shape index (κ1) is 19.9. The molecule has 2 aliphatic carbocycles. The maximum Gasteiger partial charge on any atom is 0.407 e. The number of fused-ring (bicyclic) bond motifs is 1. The van der Waals surface area contributed by atoms with E-state index in [1.807, 2.05) is 20.8 Å². The number of alkyl carbamates (subject to hydrolysis) is 1. The van der Waals surface area contributed by atoms with E-state index in [2.05, 4.69) is 16.7 Å². The Kier molecular flexibility index (Phi) is 5.95. The maximum atomic E-state index is 12.4. The lowest BCUT2D eigenvalue weighted by Gasteiger charge is -2.23. The summed E-state index contributed by atoms with van der Waals surface area (Å²) in [5, 5.41) is 15.4. The second-order valence-electron chi connectivity index (χ2n) is 9.32. The molecule has 0 radical (unpaired) electrons. The van der Waals surface area contributed by atoms with Crippen molar-refractivity contribution in [2.24, 2.45) is 11.8 Å². The first-order valence-corrected chi connectivity index (χ1v) is 10.2. The molecule has 3 fully saturated rings. The summed E-state index contributed by atoms with van der Waals surface area (Å²) >= 11 is 0. The highest BCUT2D eigenvalue weighted by Crippen LogP contribution is 2.45. The van der Waals surface area contributed by atoms with Crippen molar-refractivity contribution in [3.63, 3.8) is 0 Å². The Hall–Kier alpha value is -1.81. The van der Waals surface area contributed by atoms with Gasteiger partial charge in [0.25, 0.3) is 0 Å². The minimum Gasteiger partial charge on any atom is -0.446 e. The van der Waals surface area contributed by atoms with E-state index in [4.69, 9.17) is 10.00 Å². The third-order valence-electron chi connectivity index (χ3n) is 5.99. The molecule has 2 saturated carbocycles. The number of carbonyl (C=O) groups excluding carboxylic acids is 2. The lowest BCUT2D eigenvalue weighted by molar-refractivity contribution is -0.130. The fourth-order valence-electron chi connectivity index (χ4n) is 4.84. The van der Waals surface area contributed by atoms with Crippen molar-refractivity contribution in [2.75, 3.05) is 13.1 Å². The summed E-state index contributed by atoms with van der Waals surface area (Å²) in [5.74, 6) is 1.16. The van der Waals surface area contributed by atoms with Crippen molar-refractivity contribution in [2.45, 2.75) is 83.0 Å². The molecule has 0 aromatic heterocycles. The predicted octanol–water partition coefficient (Wildman–Crippen LogP) is 2.17. The normalized spacial score (nSPS) is 32.8. The minimum atomic E-state index is -0.328. The molecule has 150 valence electrons. The zero-order valence-corrected chi connectivity index (χ0v) is 16.7. The van der Waals surface area contributed by atoms with E-state index >= 15 is 0 Å². The lowest BCUT2D eigenvalue weighted by Crippen LogP contribution is -2.43. The van der Waals surface area contributed by atoms with Gasteiger partial charge in [0.05, 0.1) is 12.6 Å². The van der Waals surface area contributed by atoms with Gasteiger partial charge in [-0.3, -0.25) is 4.79 Å². The molecule has 0 spiro atoms. The molecule has 3 rings (SSSR count). The van der Waals surface area contributed by atoms with Gasteiger partial charge in [0.2, 0.25) is 5.91 Å². The fourth-order valence-corrected chi connectivity index (χ4v) is 4.84. The lowest BCUT2D eigenvalue weighted by atomic mass is 10.0. The van der Waals surface area contributed by atoms with Crippen LogP contribution in [0.4, 0.5) is 4.79 Å². The van der Waals surface area contributed by atoms with Gasteiger partial charge in [0.1, 0.15) is 12.1 Å². The molecule has 27 heavy (non-hydrogen) atoms. The summed E-state index contributed by atoms with van der Waals surface area (Å²) in [6, 6.07) is 2.31. The van der Waals surface area contributed by atoms with Crippen LogP contribution in [0.2, 0.25) is 0 Å². The average molecular weight is 377 g/mol. The number of nitrogens with zero attached hydrogens (tertiary/aromatic N) is 2. The van der Waals surface area contributed by atoms with E-state index in [1.165, 1.54) is 0 Å². The molecule has 0 aromatic carbocycles. The second-order valence-corrected chi connectivity index (χ2v) is 9.32. The van der Waals surface area contributed by atoms with Crippen molar-refractivity contribution in [1.82, 2.24) is 15.5 Å². The zero-order chi connectivity index (χ0) is 19.6. The molecule has 2 N–H and O–H groups in total. The van der Waals surface area contributed by atoms with Crippen LogP contribution in [0.15, 0.2) is 0 Å². The van der Waals surface area contributed by atoms with Crippen molar-refractivity contribution in [1.29, 1.82) is 5.26 Å². The van der Waals surface area contributed by atoms with Gasteiger partial charge in [-0.2, -0.15) is 5.26 Å². The Morgan fingerprint density at radius 3 is 2.44 bits per heavy atom. The molecule has 2 unspecified atom stereocenters. The van der Waals surface area contributed by atoms with Crippen molar-refractivity contribution in [3.05, 3.63) is 0 Å². The number of amides is 2. The van der Waals surface area contributed by atoms with E-state index in [0.29, 0.717) is 31.0 Å². The first-order chi connectivity index (χ1) is 12.7. The van der Waals surface area contributed by atoms with Gasteiger partial charge in [-0.15, -0.1) is 0 Å². The monoisotopic (exact) mass is 376 g/mol. The Bertz CT molecular complexity index is 595. The Morgan fingerprint density at radius 2 is 1.85 bits per heavy atom. The molecule has 0 bridgehead atoms. The van der Waals surface area contributed by atoms with Crippen LogP contribution in [0, 0.1) is 23.2 Å². The smallest absolute Gasteiger partial charge is 0.407 e. The number of rotatable bonds is 4. The van der Waals surface area contributed by atoms with Crippen LogP contribution < -0.4 is 10.6 Å². The summed E-state index contributed by atoms with van der Waals surface area (Å²) in [4.78, 5) is 26.0. The molecule has 2 amide bonds. The first-order valence-electron chi connectivity index (χ1n) is 10.2. The van der Waals surface area contributed by atoms with Crippen molar-refractivity contribution >= 4 is 12.0 Å². The number of hydrogen-bond donors (Lipinski definition) is 2. The van der Waals surface area contributed by atoms with Crippen LogP contribution in [0.25, 0.3) is 0 Å². The largest absolute Gasteiger partial charge is 0.446 e. The minimum absolute atomic E-state index is 0.00548. The van der Waals surface area contributed by atoms with E-state index in [-0.39, 0.29) is 29.7 Å². The molecule has 5 atom stereocenters. The van der Waals surface area contributed by atoms with Gasteiger partial charge in [-0.05, 0) is 71.1 Å². The van der Waals surface area contributed by atoms with Gasteiger partial charge in [0, 0.05) is 18.1 Å². The Labute approximate surface area is 161 Å². The van der Waals surface area contributed by atoms with E-state index in [1.54, 1.807) is 4.90 Å². The van der Waals surface area contributed by atoms with Gasteiger partial charge in [-0.25, -0.2) is 4.79 Å². The zero-order valence-electron chi connectivity index (χ0n) is 16.7. The molecule has 1 aliphatic heterocycles. The van der Waals surface area contributed by atoms with Gasteiger partial charge in [-0.1, -0.05) is 0 Å². The summed E-state index contributed by atoms with van der Waals surface area (Å²) in [7, 11) is 0. The van der Waals surface area contributed by atoms with E-state index in [9.17, 15) is 9.59 Å². The number of nitrogens with one attached hydrogen (secondary N) is 2. The van der Waals surface area contributed by atoms with Crippen LogP contribution in [0.3, 0.4) is 0 Å². The molecule has 0 aromatic rings. The number of hydrogen-bond acceptors (Lipinski definition) is 5. The van der Waals surface area contributed by atoms with Crippen LogP contribution in [0.5, 0.6) is 0 Å². The van der Waals surface area contributed by atoms with Gasteiger partial charge >= 0.3 is 6.09 Å². The number of ether oxygens (including phenoxy) is 1. The summed E-state index contributed by atoms with van der Waals surface area (Å²) < 4.78 is 5.59.